The summed E-state index contributed by atoms with van der Waals surface area (Å²) in [7, 11) is 2.09. The number of hydrogen-bond acceptors (Lipinski definition) is 1. The second kappa shape index (κ2) is 4.05. The van der Waals surface area contributed by atoms with Crippen LogP contribution in [-0.4, -0.2) is 14.4 Å². The molecule has 1 aliphatic carbocycles. The third-order valence-corrected chi connectivity index (χ3v) is 4.20. The van der Waals surface area contributed by atoms with Gasteiger partial charge in [-0.25, -0.2) is 4.98 Å². The second-order valence-electron chi connectivity index (χ2n) is 4.42. The minimum Gasteiger partial charge on any atom is -0.337 e. The van der Waals surface area contributed by atoms with Gasteiger partial charge in [0, 0.05) is 29.7 Å². The van der Waals surface area contributed by atoms with E-state index in [0.29, 0.717) is 10.7 Å². The van der Waals surface area contributed by atoms with Gasteiger partial charge < -0.3 is 4.57 Å². The van der Waals surface area contributed by atoms with E-state index >= 15 is 0 Å². The molecule has 0 radical (unpaired) electrons. The molecule has 1 aromatic rings. The van der Waals surface area contributed by atoms with Crippen molar-refractivity contribution in [2.45, 2.75) is 36.9 Å². The fourth-order valence-electron chi connectivity index (χ4n) is 2.41. The van der Waals surface area contributed by atoms with Gasteiger partial charge in [-0.2, -0.15) is 0 Å². The number of aromatic nitrogens is 2. The van der Waals surface area contributed by atoms with Crippen molar-refractivity contribution in [3.63, 3.8) is 0 Å². The van der Waals surface area contributed by atoms with Crippen LogP contribution in [0, 0.1) is 5.92 Å². The molecule has 0 saturated heterocycles. The van der Waals surface area contributed by atoms with E-state index in [1.165, 1.54) is 25.0 Å². The topological polar surface area (TPSA) is 17.8 Å². The average Bonchev–Trinajstić information content (AvgIpc) is 2.56. The van der Waals surface area contributed by atoms with Gasteiger partial charge in [-0.05, 0) is 25.2 Å². The van der Waals surface area contributed by atoms with Gasteiger partial charge in [0.05, 0.1) is 6.33 Å². The molecular formula is C11H17BrN2. The van der Waals surface area contributed by atoms with E-state index < -0.39 is 0 Å². The summed E-state index contributed by atoms with van der Waals surface area (Å²) in [4.78, 5) is 4.90. The lowest BCUT2D eigenvalue weighted by atomic mass is 9.78. The molecule has 0 N–H and O–H groups in total. The molecule has 0 amide bonds. The van der Waals surface area contributed by atoms with Gasteiger partial charge in [-0.1, -0.05) is 22.9 Å². The van der Waals surface area contributed by atoms with Crippen LogP contribution in [0.3, 0.4) is 0 Å². The fraction of sp³-hybridized carbons (Fsp3) is 0.727. The van der Waals surface area contributed by atoms with Crippen LogP contribution < -0.4 is 0 Å². The number of nitrogens with zero attached hydrogens (tertiary/aromatic N) is 2. The molecule has 1 heterocycles. The lowest BCUT2D eigenvalue weighted by Gasteiger charge is -2.31. The molecule has 3 heteroatoms. The summed E-state index contributed by atoms with van der Waals surface area (Å²) >= 11 is 3.74. The molecular weight excluding hydrogens is 240 g/mol. The zero-order valence-corrected chi connectivity index (χ0v) is 10.4. The molecule has 2 rings (SSSR count). The molecule has 78 valence electrons. The molecule has 3 atom stereocenters. The molecule has 1 aromatic heterocycles. The van der Waals surface area contributed by atoms with Crippen molar-refractivity contribution in [2.75, 3.05) is 0 Å². The average molecular weight is 257 g/mol. The Balaban J connectivity index is 2.20. The maximum atomic E-state index is 4.20. The zero-order valence-electron chi connectivity index (χ0n) is 8.78. The Labute approximate surface area is 93.9 Å². The molecule has 1 fully saturated rings. The normalized spacial score (nSPS) is 33.2. The van der Waals surface area contributed by atoms with Crippen molar-refractivity contribution in [3.8, 4) is 0 Å². The van der Waals surface area contributed by atoms with E-state index in [0.717, 1.165) is 5.92 Å². The largest absolute Gasteiger partial charge is 0.337 e. The number of alkyl halides is 1. The monoisotopic (exact) mass is 256 g/mol. The standard InChI is InChI=1S/C11H17BrN2/c1-8-3-4-9(12)5-10(8)11-6-13-7-14(11)2/h6-10H,3-5H2,1-2H3. The van der Waals surface area contributed by atoms with Crippen LogP contribution in [0.5, 0.6) is 0 Å². The summed E-state index contributed by atoms with van der Waals surface area (Å²) in [5, 5.41) is 0. The lowest BCUT2D eigenvalue weighted by Crippen LogP contribution is -2.22. The maximum Gasteiger partial charge on any atom is 0.0945 e. The van der Waals surface area contributed by atoms with Crippen LogP contribution in [0.25, 0.3) is 0 Å². The van der Waals surface area contributed by atoms with E-state index in [9.17, 15) is 0 Å². The number of halogens is 1. The quantitative estimate of drug-likeness (QED) is 0.707. The van der Waals surface area contributed by atoms with Crippen LogP contribution in [0.15, 0.2) is 12.5 Å². The second-order valence-corrected chi connectivity index (χ2v) is 5.72. The third-order valence-electron chi connectivity index (χ3n) is 3.37. The Morgan fingerprint density at radius 1 is 1.50 bits per heavy atom. The SMILES string of the molecule is CC1CCC(Br)CC1c1cncn1C. The smallest absolute Gasteiger partial charge is 0.0945 e. The van der Waals surface area contributed by atoms with E-state index in [4.69, 9.17) is 0 Å². The van der Waals surface area contributed by atoms with Crippen LogP contribution in [0.4, 0.5) is 0 Å². The minimum absolute atomic E-state index is 0.681. The van der Waals surface area contributed by atoms with Crippen LogP contribution >= 0.6 is 15.9 Å². The first-order valence-corrected chi connectivity index (χ1v) is 6.20. The van der Waals surface area contributed by atoms with Crippen LogP contribution in [-0.2, 0) is 7.05 Å². The summed E-state index contributed by atoms with van der Waals surface area (Å²) in [6.07, 6.45) is 7.81. The van der Waals surface area contributed by atoms with Gasteiger partial charge in [0.25, 0.3) is 0 Å². The van der Waals surface area contributed by atoms with E-state index in [-0.39, 0.29) is 0 Å². The minimum atomic E-state index is 0.681. The summed E-state index contributed by atoms with van der Waals surface area (Å²) < 4.78 is 2.16. The van der Waals surface area contributed by atoms with Crippen molar-refractivity contribution >= 4 is 15.9 Å². The van der Waals surface area contributed by atoms with Gasteiger partial charge in [-0.3, -0.25) is 0 Å². The Morgan fingerprint density at radius 3 is 2.93 bits per heavy atom. The summed E-state index contributed by atoms with van der Waals surface area (Å²) in [6.45, 7) is 2.36. The molecule has 0 aromatic carbocycles. The zero-order chi connectivity index (χ0) is 10.1. The van der Waals surface area contributed by atoms with Crippen molar-refractivity contribution in [1.82, 2.24) is 9.55 Å². The molecule has 1 saturated carbocycles. The molecule has 3 unspecified atom stereocenters. The Kier molecular flexibility index (Phi) is 2.96. The van der Waals surface area contributed by atoms with Crippen LogP contribution in [0.1, 0.15) is 37.8 Å². The molecule has 0 aliphatic heterocycles. The van der Waals surface area contributed by atoms with Crippen molar-refractivity contribution < 1.29 is 0 Å². The fourth-order valence-corrected chi connectivity index (χ4v) is 3.07. The third kappa shape index (κ3) is 1.88. The number of rotatable bonds is 1. The molecule has 1 aliphatic rings. The summed E-state index contributed by atoms with van der Waals surface area (Å²) in [5.74, 6) is 1.47. The predicted molar refractivity (Wildman–Crippen MR) is 61.7 cm³/mol. The molecule has 0 spiro atoms. The highest BCUT2D eigenvalue weighted by Crippen LogP contribution is 2.39. The van der Waals surface area contributed by atoms with Gasteiger partial charge in [0.2, 0.25) is 0 Å². The maximum absolute atomic E-state index is 4.20. The number of imidazole rings is 1. The van der Waals surface area contributed by atoms with E-state index in [1.807, 2.05) is 12.5 Å². The highest BCUT2D eigenvalue weighted by molar-refractivity contribution is 9.09. The first kappa shape index (κ1) is 10.2. The van der Waals surface area contributed by atoms with Gasteiger partial charge in [0.1, 0.15) is 0 Å². The summed E-state index contributed by atoms with van der Waals surface area (Å²) in [5.41, 5.74) is 1.39. The van der Waals surface area contributed by atoms with Gasteiger partial charge >= 0.3 is 0 Å². The van der Waals surface area contributed by atoms with Crippen LogP contribution in [0.2, 0.25) is 0 Å². The van der Waals surface area contributed by atoms with Crippen molar-refractivity contribution in [2.24, 2.45) is 13.0 Å². The number of aryl methyl sites for hydroxylation is 1. The predicted octanol–water partition coefficient (Wildman–Crippen LogP) is 3.09. The van der Waals surface area contributed by atoms with Crippen molar-refractivity contribution in [1.29, 1.82) is 0 Å². The Hall–Kier alpha value is -0.310. The van der Waals surface area contributed by atoms with Gasteiger partial charge in [-0.15, -0.1) is 0 Å². The highest BCUT2D eigenvalue weighted by atomic mass is 79.9. The van der Waals surface area contributed by atoms with E-state index in [1.54, 1.807) is 0 Å². The first-order chi connectivity index (χ1) is 6.68. The van der Waals surface area contributed by atoms with E-state index in [2.05, 4.69) is 39.5 Å². The molecule has 14 heavy (non-hydrogen) atoms. The summed E-state index contributed by atoms with van der Waals surface area (Å²) in [6, 6.07) is 0. The Bertz CT molecular complexity index is 308. The number of hydrogen-bond donors (Lipinski definition) is 0. The lowest BCUT2D eigenvalue weighted by molar-refractivity contribution is 0.330. The Morgan fingerprint density at radius 2 is 2.29 bits per heavy atom. The molecule has 0 bridgehead atoms. The van der Waals surface area contributed by atoms with Crippen molar-refractivity contribution in [3.05, 3.63) is 18.2 Å². The first-order valence-electron chi connectivity index (χ1n) is 5.28. The van der Waals surface area contributed by atoms with Gasteiger partial charge in [0.15, 0.2) is 0 Å². The highest BCUT2D eigenvalue weighted by Gasteiger charge is 2.29. The molecule has 2 nitrogen and oxygen atoms in total.